The fourth-order valence-electron chi connectivity index (χ4n) is 7.01. The normalized spacial score (nSPS) is 11.6. The van der Waals surface area contributed by atoms with Gasteiger partial charge in [-0.1, -0.05) is 84.9 Å². The minimum Gasteiger partial charge on any atom is -0.310 e. The molecule has 0 N–H and O–H groups in total. The minimum atomic E-state index is -0.262. The molecule has 2 heterocycles. The average molecular weight is 594 g/mol. The maximum atomic E-state index is 14.3. The number of hydrogen-bond donors (Lipinski definition) is 0. The number of anilines is 3. The van der Waals surface area contributed by atoms with Crippen LogP contribution in [-0.4, -0.2) is 9.13 Å². The molecule has 3 nitrogen and oxygen atoms in total. The van der Waals surface area contributed by atoms with Gasteiger partial charge in [0.15, 0.2) is 0 Å². The zero-order valence-electron chi connectivity index (χ0n) is 24.9. The van der Waals surface area contributed by atoms with E-state index in [4.69, 9.17) is 0 Å². The van der Waals surface area contributed by atoms with Crippen molar-refractivity contribution in [2.24, 2.45) is 0 Å². The van der Waals surface area contributed by atoms with Gasteiger partial charge in [0.05, 0.1) is 27.8 Å². The van der Waals surface area contributed by atoms with Gasteiger partial charge in [0.1, 0.15) is 5.82 Å². The molecular weight excluding hydrogens is 565 g/mol. The molecule has 0 spiro atoms. The van der Waals surface area contributed by atoms with Gasteiger partial charge in [-0.15, -0.1) is 0 Å². The second-order valence-electron chi connectivity index (χ2n) is 11.6. The Bertz CT molecular complexity index is 2530. The molecule has 218 valence electrons. The van der Waals surface area contributed by atoms with Crippen molar-refractivity contribution in [1.82, 2.24) is 9.13 Å². The largest absolute Gasteiger partial charge is 0.310 e. The van der Waals surface area contributed by atoms with Crippen LogP contribution in [-0.2, 0) is 0 Å². The summed E-state index contributed by atoms with van der Waals surface area (Å²) in [5, 5.41) is 4.67. The van der Waals surface area contributed by atoms with Crippen LogP contribution in [0.1, 0.15) is 0 Å². The number of aromatic nitrogens is 2. The molecule has 0 bridgehead atoms. The summed E-state index contributed by atoms with van der Waals surface area (Å²) in [6.07, 6.45) is 0. The van der Waals surface area contributed by atoms with E-state index < -0.39 is 0 Å². The molecule has 0 aliphatic heterocycles. The molecule has 9 aromatic rings. The molecule has 0 amide bonds. The Morgan fingerprint density at radius 3 is 1.61 bits per heavy atom. The summed E-state index contributed by atoms with van der Waals surface area (Å²) in [6, 6.07) is 58.0. The molecule has 0 saturated carbocycles. The summed E-state index contributed by atoms with van der Waals surface area (Å²) >= 11 is 0. The van der Waals surface area contributed by atoms with Gasteiger partial charge in [0, 0.05) is 44.3 Å². The monoisotopic (exact) mass is 593 g/mol. The third kappa shape index (κ3) is 4.04. The van der Waals surface area contributed by atoms with Crippen LogP contribution in [0.3, 0.4) is 0 Å². The van der Waals surface area contributed by atoms with Gasteiger partial charge in [0.2, 0.25) is 0 Å². The fraction of sp³-hybridized carbons (Fsp3) is 0. The molecule has 0 aliphatic carbocycles. The Hall–Kier alpha value is -6.13. The predicted molar refractivity (Wildman–Crippen MR) is 190 cm³/mol. The highest BCUT2D eigenvalue weighted by Crippen LogP contribution is 2.45. The first-order valence-electron chi connectivity index (χ1n) is 15.5. The molecule has 7 aromatic carbocycles. The summed E-state index contributed by atoms with van der Waals surface area (Å²) in [6.45, 7) is 0. The number of benzene rings is 7. The molecule has 0 radical (unpaired) electrons. The molecule has 0 aliphatic rings. The molecule has 9 rings (SSSR count). The lowest BCUT2D eigenvalue weighted by molar-refractivity contribution is 0.628. The van der Waals surface area contributed by atoms with Crippen LogP contribution in [0.2, 0.25) is 0 Å². The molecular formula is C42H28FN3. The van der Waals surface area contributed by atoms with Crippen molar-refractivity contribution in [3.05, 3.63) is 176 Å². The zero-order chi connectivity index (χ0) is 30.6. The fourth-order valence-corrected chi connectivity index (χ4v) is 7.01. The first-order valence-corrected chi connectivity index (χ1v) is 15.5. The van der Waals surface area contributed by atoms with E-state index in [2.05, 4.69) is 147 Å². The molecule has 46 heavy (non-hydrogen) atoms. The summed E-state index contributed by atoms with van der Waals surface area (Å²) < 4.78 is 19.0. The van der Waals surface area contributed by atoms with Crippen molar-refractivity contribution >= 4 is 60.7 Å². The standard InChI is InChI=1S/C42H28FN3/c43-29-22-24-32(25-23-29)44(33-26-27-35-34-16-7-9-18-37(34)46(41(35)28-33)31-14-5-2-6-15-31)39-20-11-21-40-42(39)36-17-8-10-19-38(36)45(40)30-12-3-1-4-13-30/h1-28H. The van der Waals surface area contributed by atoms with Crippen molar-refractivity contribution in [1.29, 1.82) is 0 Å². The van der Waals surface area contributed by atoms with Gasteiger partial charge < -0.3 is 14.0 Å². The first kappa shape index (κ1) is 26.3. The molecule has 4 heteroatoms. The summed E-state index contributed by atoms with van der Waals surface area (Å²) in [7, 11) is 0. The quantitative estimate of drug-likeness (QED) is 0.193. The third-order valence-corrected chi connectivity index (χ3v) is 8.95. The van der Waals surface area contributed by atoms with Gasteiger partial charge in [-0.3, -0.25) is 0 Å². The lowest BCUT2D eigenvalue weighted by Crippen LogP contribution is -2.10. The van der Waals surface area contributed by atoms with Gasteiger partial charge in [-0.2, -0.15) is 0 Å². The van der Waals surface area contributed by atoms with E-state index >= 15 is 0 Å². The molecule has 0 unspecified atom stereocenters. The van der Waals surface area contributed by atoms with Gasteiger partial charge in [0.25, 0.3) is 0 Å². The number of para-hydroxylation sites is 4. The van der Waals surface area contributed by atoms with Crippen LogP contribution in [0.4, 0.5) is 21.5 Å². The molecule has 2 aromatic heterocycles. The Labute approximate surface area is 265 Å². The topological polar surface area (TPSA) is 13.1 Å². The lowest BCUT2D eigenvalue weighted by atomic mass is 10.1. The van der Waals surface area contributed by atoms with E-state index in [0.29, 0.717) is 0 Å². The smallest absolute Gasteiger partial charge is 0.123 e. The van der Waals surface area contributed by atoms with E-state index in [1.165, 1.54) is 22.9 Å². The van der Waals surface area contributed by atoms with Gasteiger partial charge in [-0.05, 0) is 84.9 Å². The highest BCUT2D eigenvalue weighted by Gasteiger charge is 2.22. The Balaban J connectivity index is 1.37. The number of nitrogens with zero attached hydrogens (tertiary/aromatic N) is 3. The van der Waals surface area contributed by atoms with Crippen molar-refractivity contribution in [2.45, 2.75) is 0 Å². The average Bonchev–Trinajstić information content (AvgIpc) is 3.63. The number of rotatable bonds is 5. The van der Waals surface area contributed by atoms with Crippen LogP contribution >= 0.6 is 0 Å². The Kier molecular flexibility index (Phi) is 6.00. The molecule has 0 fully saturated rings. The van der Waals surface area contributed by atoms with Crippen molar-refractivity contribution < 1.29 is 4.39 Å². The summed E-state index contributed by atoms with van der Waals surface area (Å²) in [4.78, 5) is 2.26. The van der Waals surface area contributed by atoms with Crippen LogP contribution in [0, 0.1) is 5.82 Å². The molecule has 0 saturated heterocycles. The van der Waals surface area contributed by atoms with E-state index in [0.717, 1.165) is 61.3 Å². The first-order chi connectivity index (χ1) is 22.8. The Morgan fingerprint density at radius 2 is 0.913 bits per heavy atom. The summed E-state index contributed by atoms with van der Waals surface area (Å²) in [5.41, 5.74) is 9.61. The summed E-state index contributed by atoms with van der Waals surface area (Å²) in [5.74, 6) is -0.262. The van der Waals surface area contributed by atoms with Gasteiger partial charge >= 0.3 is 0 Å². The van der Waals surface area contributed by atoms with Crippen LogP contribution in [0.5, 0.6) is 0 Å². The van der Waals surface area contributed by atoms with E-state index in [9.17, 15) is 4.39 Å². The van der Waals surface area contributed by atoms with Crippen molar-refractivity contribution in [2.75, 3.05) is 4.90 Å². The zero-order valence-corrected chi connectivity index (χ0v) is 24.9. The maximum absolute atomic E-state index is 14.3. The second kappa shape index (κ2) is 10.5. The maximum Gasteiger partial charge on any atom is 0.123 e. The van der Waals surface area contributed by atoms with E-state index in [1.807, 2.05) is 24.3 Å². The Morgan fingerprint density at radius 1 is 0.391 bits per heavy atom. The van der Waals surface area contributed by atoms with Crippen LogP contribution < -0.4 is 4.90 Å². The van der Waals surface area contributed by atoms with Crippen LogP contribution in [0.25, 0.3) is 55.0 Å². The number of hydrogen-bond acceptors (Lipinski definition) is 1. The molecule has 0 atom stereocenters. The van der Waals surface area contributed by atoms with Crippen molar-refractivity contribution in [3.8, 4) is 11.4 Å². The predicted octanol–water partition coefficient (Wildman–Crippen LogP) is 11.5. The highest BCUT2D eigenvalue weighted by atomic mass is 19.1. The minimum absolute atomic E-state index is 0.262. The lowest BCUT2D eigenvalue weighted by Gasteiger charge is -2.27. The number of fused-ring (bicyclic) bond motifs is 6. The highest BCUT2D eigenvalue weighted by molar-refractivity contribution is 6.17. The third-order valence-electron chi connectivity index (χ3n) is 8.95. The second-order valence-corrected chi connectivity index (χ2v) is 11.6. The van der Waals surface area contributed by atoms with Crippen LogP contribution in [0.15, 0.2) is 170 Å². The van der Waals surface area contributed by atoms with Crippen molar-refractivity contribution in [3.63, 3.8) is 0 Å². The van der Waals surface area contributed by atoms with Gasteiger partial charge in [-0.25, -0.2) is 4.39 Å². The number of halogens is 1. The van der Waals surface area contributed by atoms with E-state index in [-0.39, 0.29) is 5.82 Å². The SMILES string of the molecule is Fc1ccc(N(c2ccc3c4ccccc4n(-c4ccccc4)c3c2)c2cccc3c2c2ccccc2n3-c2ccccc2)cc1. The van der Waals surface area contributed by atoms with E-state index in [1.54, 1.807) is 0 Å².